The lowest BCUT2D eigenvalue weighted by Crippen LogP contribution is -2.62. The molecule has 0 saturated heterocycles. The molecule has 6 aliphatic carbocycles. The van der Waals surface area contributed by atoms with E-state index in [9.17, 15) is 0 Å². The summed E-state index contributed by atoms with van der Waals surface area (Å²) in [5.74, 6) is 3.42. The Morgan fingerprint density at radius 2 is 0.640 bits per heavy atom. The summed E-state index contributed by atoms with van der Waals surface area (Å²) in [6.07, 6.45) is 26.5. The first-order chi connectivity index (χ1) is 65.1. The van der Waals surface area contributed by atoms with E-state index in [1.807, 2.05) is 36.1 Å². The van der Waals surface area contributed by atoms with Gasteiger partial charge in [0.25, 0.3) is 0 Å². The average Bonchev–Trinajstić information content (AvgIpc) is 1.47. The summed E-state index contributed by atoms with van der Waals surface area (Å²) in [5, 5.41) is 1.45. The molecule has 16 heterocycles. The maximum Gasteiger partial charge on any atom is 0.0940 e. The van der Waals surface area contributed by atoms with Crippen LogP contribution in [0.3, 0.4) is 0 Å². The van der Waals surface area contributed by atoms with Gasteiger partial charge in [-0.05, 0) is 293 Å². The summed E-state index contributed by atoms with van der Waals surface area (Å²) in [5.41, 5.74) is 40.7. The molecule has 9 aromatic heterocycles. The molecule has 6 aromatic carbocycles. The van der Waals surface area contributed by atoms with E-state index in [0.29, 0.717) is 30.2 Å². The molecule has 0 N–H and O–H groups in total. The van der Waals surface area contributed by atoms with Gasteiger partial charge in [-0.15, -0.1) is 11.3 Å². The van der Waals surface area contributed by atoms with Crippen molar-refractivity contribution < 1.29 is 0 Å². The Morgan fingerprint density at radius 3 is 1.07 bits per heavy atom. The van der Waals surface area contributed by atoms with Crippen LogP contribution in [0.1, 0.15) is 318 Å². The molecule has 28 rings (SSSR count). The number of rotatable bonds is 3. The number of fused-ring (bicyclic) bond motifs is 25. The minimum absolute atomic E-state index is 0.00606. The van der Waals surface area contributed by atoms with Crippen LogP contribution >= 0.6 is 11.3 Å². The molecule has 15 aromatic rings. The molecule has 6 fully saturated rings. The first-order valence-electron chi connectivity index (χ1n) is 51.7. The van der Waals surface area contributed by atoms with E-state index in [1.54, 1.807) is 16.0 Å². The third-order valence-corrected chi connectivity index (χ3v) is 40.9. The number of thiophene rings is 1. The molecule has 7 aliphatic heterocycles. The van der Waals surface area contributed by atoms with Gasteiger partial charge in [-0.1, -0.05) is 197 Å². The Morgan fingerprint density at radius 1 is 0.309 bits per heavy atom. The number of hydrogen-bond acceptors (Lipinski definition) is 10. The van der Waals surface area contributed by atoms with Gasteiger partial charge in [0.2, 0.25) is 0 Å². The number of aromatic nitrogens is 8. The van der Waals surface area contributed by atoms with Crippen molar-refractivity contribution >= 4 is 94.0 Å². The van der Waals surface area contributed by atoms with Crippen molar-refractivity contribution in [1.29, 1.82) is 0 Å². The third-order valence-electron chi connectivity index (χ3n) is 39.6. The fourth-order valence-electron chi connectivity index (χ4n) is 32.3. The van der Waals surface area contributed by atoms with Crippen molar-refractivity contribution in [3.8, 4) is 0 Å². The van der Waals surface area contributed by atoms with Crippen LogP contribution in [0, 0.1) is 69.1 Å². The predicted octanol–water partition coefficient (Wildman–Crippen LogP) is 30.3. The highest BCUT2D eigenvalue weighted by molar-refractivity contribution is 7.19. The molecule has 0 radical (unpaired) electrons. The van der Waals surface area contributed by atoms with Crippen LogP contribution in [0.25, 0.3) is 54.2 Å². The number of para-hydroxylation sites is 5. The van der Waals surface area contributed by atoms with Crippen molar-refractivity contribution in [2.24, 2.45) is 62.7 Å². The highest BCUT2D eigenvalue weighted by atomic mass is 32.1. The lowest BCUT2D eigenvalue weighted by atomic mass is 9.47. The fraction of sp³-hybridized carbons (Fsp3) is 0.459. The molecule has 6 saturated carbocycles. The highest BCUT2D eigenvalue weighted by Crippen LogP contribution is 2.74. The summed E-state index contributed by atoms with van der Waals surface area (Å²) in [6, 6.07) is 68.6. The standard InChI is InChI=1S/C27H31N3.C25H31N3.C25H29NS.C23H27N3.C22H25N3/c1-16-7-4-5-8-22(16)30-17(2)26-24(25-23(29(26)3)9-6-10-28-25)27(30)20-12-18-11-19(14-20)15-21(27)13-18;1-15-11-9-12-17-21(15)28-16(2)22-19(20-18(27(22)8)13-10-14-26-20)25(28,7)24(5,6)23(17,3)4;1-15-11-10-13-18-21(15)26-16(2)22-20(17-12-8-9-14-19(17)27-22)25(26,7)24(5,6)23(18,3)4;1-16-10-5-6-11-18(16)26-17(2)22-20(23(26)13-7-4-8-14-23)21-19(25(22)3)12-9-15-24-21;1-15-9-4-5-10-17(15)25-16(2)21-19(22(25)12-6-7-13-22)20-18(24(21)3)11-8-14-23-20/h4-10,17-21H,11-15H2,1-3H3;9-14,16H,1-8H3;8-14,16H,1-7H3;5-6,9-12,15,17H,4,7-8,13-14H2,1-3H3;4-5,8-11,14,16H,6-7,12-13H2,1-3H3. The summed E-state index contributed by atoms with van der Waals surface area (Å²) in [4.78, 5) is 35.0. The Kier molecular flexibility index (Phi) is 20.3. The largest absolute Gasteiger partial charge is 0.353 e. The molecule has 702 valence electrons. The Bertz CT molecular complexity index is 7310. The fourth-order valence-corrected chi connectivity index (χ4v) is 33.6. The summed E-state index contributed by atoms with van der Waals surface area (Å²) in [7, 11) is 8.91. The lowest BCUT2D eigenvalue weighted by molar-refractivity contribution is -0.0597. The number of benzene rings is 6. The molecule has 0 amide bonds. The van der Waals surface area contributed by atoms with Crippen LogP contribution in [0.4, 0.5) is 28.4 Å². The van der Waals surface area contributed by atoms with Gasteiger partial charge in [-0.2, -0.15) is 0 Å². The SMILES string of the molecule is Cc1cccc2c1N1C(C)c3c(c4ncccc4n3C)C1(C)C(C)(C)C2(C)C.Cc1cccc2c1N1C(C)c3sc4ccccc4c3C1(C)C(C)(C)C2(C)C.Cc1ccccc1N1C(C)c2c(c3ncccc3n2C)C12C1CC3CC(C1)CC2C3.Cc1ccccc1N1C(C)c2c(c3ncccc3n2C)C12CCCC2.Cc1ccccc1N1C(C)c2c(c3ncccc3n2C)C12CCCCC2. The average molecular weight is 1820 g/mol. The van der Waals surface area contributed by atoms with Gasteiger partial charge in [0.05, 0.1) is 102 Å². The number of anilines is 5. The zero-order valence-corrected chi connectivity index (χ0v) is 86.3. The predicted molar refractivity (Wildman–Crippen MR) is 567 cm³/mol. The van der Waals surface area contributed by atoms with E-state index in [0.717, 1.165) is 29.2 Å². The zero-order valence-electron chi connectivity index (χ0n) is 85.4. The van der Waals surface area contributed by atoms with Crippen LogP contribution in [0.5, 0.6) is 0 Å². The van der Waals surface area contributed by atoms with Crippen molar-refractivity contribution in [2.45, 2.75) is 297 Å². The monoisotopic (exact) mass is 1820 g/mol. The number of pyridine rings is 4. The topological polar surface area (TPSA) is 87.5 Å². The highest BCUT2D eigenvalue weighted by Gasteiger charge is 2.70. The van der Waals surface area contributed by atoms with Crippen LogP contribution in [0.15, 0.2) is 207 Å². The normalized spacial score (nSPS) is 27.0. The molecule has 14 heteroatoms. The molecule has 136 heavy (non-hydrogen) atoms. The summed E-state index contributed by atoms with van der Waals surface area (Å²) >= 11 is 2.00. The van der Waals surface area contributed by atoms with E-state index in [2.05, 4.69) is 391 Å². The van der Waals surface area contributed by atoms with Gasteiger partial charge in [0.1, 0.15) is 0 Å². The number of nitrogens with zero attached hydrogens (tertiary/aromatic N) is 13. The van der Waals surface area contributed by atoms with Gasteiger partial charge in [0, 0.05) is 152 Å². The first-order valence-corrected chi connectivity index (χ1v) is 52.5. The smallest absolute Gasteiger partial charge is 0.0940 e. The Balaban J connectivity index is 0.0000000957. The second-order valence-corrected chi connectivity index (χ2v) is 47.3. The molecule has 3 spiro atoms. The first kappa shape index (κ1) is 89.0. The van der Waals surface area contributed by atoms with Crippen LogP contribution in [-0.4, -0.2) is 38.2 Å². The molecule has 13 nitrogen and oxygen atoms in total. The second-order valence-electron chi connectivity index (χ2n) is 46.2. The van der Waals surface area contributed by atoms with Gasteiger partial charge in [-0.25, -0.2) is 0 Å². The van der Waals surface area contributed by atoms with Gasteiger partial charge in [0.15, 0.2) is 0 Å². The Labute approximate surface area is 812 Å². The Hall–Kier alpha value is -11.0. The van der Waals surface area contributed by atoms with Gasteiger partial charge >= 0.3 is 0 Å². The van der Waals surface area contributed by atoms with E-state index >= 15 is 0 Å². The number of hydrogen-bond donors (Lipinski definition) is 0. The minimum Gasteiger partial charge on any atom is -0.353 e. The van der Waals surface area contributed by atoms with Crippen LogP contribution in [-0.2, 0) is 66.7 Å². The van der Waals surface area contributed by atoms with Crippen molar-refractivity contribution in [1.82, 2.24) is 38.2 Å². The van der Waals surface area contributed by atoms with Crippen molar-refractivity contribution in [3.63, 3.8) is 0 Å². The summed E-state index contributed by atoms with van der Waals surface area (Å²) < 4.78 is 11.1. The second kappa shape index (κ2) is 31.0. The van der Waals surface area contributed by atoms with Crippen molar-refractivity contribution in [3.05, 3.63) is 301 Å². The maximum atomic E-state index is 5.02. The van der Waals surface area contributed by atoms with Crippen molar-refractivity contribution in [2.75, 3.05) is 24.5 Å². The third kappa shape index (κ3) is 11.5. The lowest BCUT2D eigenvalue weighted by Gasteiger charge is -2.64. The molecule has 13 aliphatic rings. The van der Waals surface area contributed by atoms with Crippen LogP contribution < -0.4 is 24.5 Å². The zero-order chi connectivity index (χ0) is 94.8. The van der Waals surface area contributed by atoms with E-state index in [1.165, 1.54) is 245 Å². The molecule has 4 bridgehead atoms. The molecule has 7 unspecified atom stereocenters. The van der Waals surface area contributed by atoms with E-state index in [-0.39, 0.29) is 49.4 Å². The van der Waals surface area contributed by atoms with E-state index in [4.69, 9.17) is 19.9 Å². The maximum absolute atomic E-state index is 5.02. The quantitative estimate of drug-likeness (QED) is 0.172. The van der Waals surface area contributed by atoms with Gasteiger partial charge in [-0.3, -0.25) is 19.9 Å². The molecular formula is C122H143N13S. The van der Waals surface area contributed by atoms with Gasteiger partial charge < -0.3 is 42.8 Å². The molecular weight excluding hydrogens is 1680 g/mol. The minimum atomic E-state index is -0.141. The number of aryl methyl sites for hydroxylation is 9. The summed E-state index contributed by atoms with van der Waals surface area (Å²) in [6.45, 7) is 47.9. The molecule has 7 atom stereocenters. The van der Waals surface area contributed by atoms with Crippen LogP contribution in [0.2, 0.25) is 0 Å². The van der Waals surface area contributed by atoms with E-state index < -0.39 is 0 Å².